The number of benzene rings is 1. The van der Waals surface area contributed by atoms with Crippen molar-refractivity contribution in [1.29, 1.82) is 0 Å². The number of hydrogen-bond donors (Lipinski definition) is 1. The lowest BCUT2D eigenvalue weighted by Gasteiger charge is -2.15. The van der Waals surface area contributed by atoms with Crippen molar-refractivity contribution in [3.63, 3.8) is 0 Å². The first-order valence-corrected chi connectivity index (χ1v) is 6.75. The summed E-state index contributed by atoms with van der Waals surface area (Å²) < 4.78 is 2.80. The van der Waals surface area contributed by atoms with Crippen LogP contribution in [0.15, 0.2) is 34.8 Å². The number of nitrogens with zero attached hydrogens (tertiary/aromatic N) is 2. The summed E-state index contributed by atoms with van der Waals surface area (Å²) in [6.45, 7) is 6.59. The highest BCUT2D eigenvalue weighted by Crippen LogP contribution is 2.23. The second-order valence-electron chi connectivity index (χ2n) is 5.69. The highest BCUT2D eigenvalue weighted by Gasteiger charge is 2.15. The van der Waals surface area contributed by atoms with Crippen molar-refractivity contribution in [3.05, 3.63) is 40.5 Å². The summed E-state index contributed by atoms with van der Waals surface area (Å²) in [6, 6.07) is 9.91. The van der Waals surface area contributed by atoms with Crippen molar-refractivity contribution in [3.8, 4) is 5.69 Å². The Kier molecular flexibility index (Phi) is 3.48. The molecule has 2 rings (SSSR count). The van der Waals surface area contributed by atoms with Gasteiger partial charge in [-0.3, -0.25) is 0 Å². The monoisotopic (exact) mass is 307 g/mol. The van der Waals surface area contributed by atoms with Crippen molar-refractivity contribution < 1.29 is 0 Å². The first kappa shape index (κ1) is 13.1. The first-order valence-electron chi connectivity index (χ1n) is 5.95. The maximum atomic E-state index is 6.03. The molecule has 0 bridgehead atoms. The van der Waals surface area contributed by atoms with Crippen molar-refractivity contribution in [2.45, 2.75) is 27.2 Å². The fourth-order valence-corrected chi connectivity index (χ4v) is 2.28. The zero-order valence-electron chi connectivity index (χ0n) is 10.9. The molecule has 18 heavy (non-hydrogen) atoms. The van der Waals surface area contributed by atoms with Gasteiger partial charge in [0.1, 0.15) is 5.82 Å². The molecule has 0 amide bonds. The van der Waals surface area contributed by atoms with E-state index in [4.69, 9.17) is 5.73 Å². The van der Waals surface area contributed by atoms with Gasteiger partial charge in [0.15, 0.2) is 0 Å². The summed E-state index contributed by atoms with van der Waals surface area (Å²) in [5.74, 6) is 0.673. The minimum absolute atomic E-state index is 0.211. The fourth-order valence-electron chi connectivity index (χ4n) is 1.89. The van der Waals surface area contributed by atoms with Crippen LogP contribution in [0.25, 0.3) is 5.69 Å². The lowest BCUT2D eigenvalue weighted by molar-refractivity contribution is 0.405. The largest absolute Gasteiger partial charge is 0.384 e. The lowest BCUT2D eigenvalue weighted by atomic mass is 9.91. The number of anilines is 1. The predicted molar refractivity (Wildman–Crippen MR) is 78.8 cm³/mol. The van der Waals surface area contributed by atoms with Crippen LogP contribution in [0.3, 0.4) is 0 Å². The smallest absolute Gasteiger partial charge is 0.127 e. The molecule has 0 unspecified atom stereocenters. The van der Waals surface area contributed by atoms with Crippen LogP contribution in [0.2, 0.25) is 0 Å². The summed E-state index contributed by atoms with van der Waals surface area (Å²) in [4.78, 5) is 0. The predicted octanol–water partition coefficient (Wildman–Crippen LogP) is 3.81. The van der Waals surface area contributed by atoms with Gasteiger partial charge in [-0.1, -0.05) is 42.8 Å². The molecular formula is C14H18BrN3. The zero-order valence-corrected chi connectivity index (χ0v) is 12.5. The van der Waals surface area contributed by atoms with E-state index < -0.39 is 0 Å². The minimum atomic E-state index is 0.211. The van der Waals surface area contributed by atoms with Crippen LogP contribution in [0.4, 0.5) is 5.82 Å². The van der Waals surface area contributed by atoms with E-state index in [0.29, 0.717) is 5.82 Å². The molecule has 4 heteroatoms. The summed E-state index contributed by atoms with van der Waals surface area (Å²) in [5.41, 5.74) is 8.24. The van der Waals surface area contributed by atoms with Gasteiger partial charge in [0.25, 0.3) is 0 Å². The highest BCUT2D eigenvalue weighted by molar-refractivity contribution is 9.10. The minimum Gasteiger partial charge on any atom is -0.384 e. The molecule has 0 aliphatic heterocycles. The van der Waals surface area contributed by atoms with Crippen molar-refractivity contribution in [2.24, 2.45) is 5.41 Å². The quantitative estimate of drug-likeness (QED) is 0.917. The van der Waals surface area contributed by atoms with Crippen LogP contribution in [0.5, 0.6) is 0 Å². The Bertz CT molecular complexity index is 552. The molecule has 96 valence electrons. The van der Waals surface area contributed by atoms with Crippen LogP contribution in [-0.4, -0.2) is 9.78 Å². The molecule has 0 atom stereocenters. The molecule has 0 spiro atoms. The van der Waals surface area contributed by atoms with E-state index in [1.807, 2.05) is 30.3 Å². The lowest BCUT2D eigenvalue weighted by Crippen LogP contribution is -2.10. The molecule has 1 aromatic carbocycles. The van der Waals surface area contributed by atoms with E-state index in [-0.39, 0.29) is 5.41 Å². The molecule has 3 nitrogen and oxygen atoms in total. The van der Waals surface area contributed by atoms with Gasteiger partial charge in [-0.15, -0.1) is 0 Å². The Hall–Kier alpha value is -1.29. The maximum absolute atomic E-state index is 6.03. The average Bonchev–Trinajstić information content (AvgIpc) is 2.56. The van der Waals surface area contributed by atoms with E-state index >= 15 is 0 Å². The second-order valence-corrected chi connectivity index (χ2v) is 6.61. The van der Waals surface area contributed by atoms with Crippen molar-refractivity contribution >= 4 is 21.7 Å². The van der Waals surface area contributed by atoms with Gasteiger partial charge in [-0.25, -0.2) is 4.68 Å². The third kappa shape index (κ3) is 3.13. The van der Waals surface area contributed by atoms with Crippen molar-refractivity contribution in [1.82, 2.24) is 9.78 Å². The van der Waals surface area contributed by atoms with Gasteiger partial charge in [0, 0.05) is 10.5 Å². The van der Waals surface area contributed by atoms with E-state index in [1.54, 1.807) is 4.68 Å². The number of aromatic nitrogens is 2. The van der Waals surface area contributed by atoms with Crippen LogP contribution in [0.1, 0.15) is 26.5 Å². The van der Waals surface area contributed by atoms with E-state index in [2.05, 4.69) is 41.8 Å². The fraction of sp³-hybridized carbons (Fsp3) is 0.357. The third-order valence-corrected chi connectivity index (χ3v) is 3.04. The Morgan fingerprint density at radius 1 is 1.28 bits per heavy atom. The Morgan fingerprint density at radius 2 is 2.00 bits per heavy atom. The summed E-state index contributed by atoms with van der Waals surface area (Å²) in [6.07, 6.45) is 0.915. The van der Waals surface area contributed by atoms with Crippen LogP contribution < -0.4 is 5.73 Å². The first-order chi connectivity index (χ1) is 8.35. The molecule has 2 aromatic rings. The van der Waals surface area contributed by atoms with Crippen LogP contribution in [-0.2, 0) is 6.42 Å². The van der Waals surface area contributed by atoms with Crippen LogP contribution >= 0.6 is 15.9 Å². The van der Waals surface area contributed by atoms with Crippen molar-refractivity contribution in [2.75, 3.05) is 5.73 Å². The Balaban J connectivity index is 2.35. The SMILES string of the molecule is CC(C)(C)Cc1cc(N)n(-c2cccc(Br)c2)n1. The Labute approximate surface area is 116 Å². The molecule has 1 heterocycles. The number of halogens is 1. The van der Waals surface area contributed by atoms with Gasteiger partial charge in [0.2, 0.25) is 0 Å². The van der Waals surface area contributed by atoms with E-state index in [1.165, 1.54) is 0 Å². The topological polar surface area (TPSA) is 43.8 Å². The average molecular weight is 308 g/mol. The molecule has 0 aliphatic carbocycles. The highest BCUT2D eigenvalue weighted by atomic mass is 79.9. The molecule has 0 aliphatic rings. The van der Waals surface area contributed by atoms with E-state index in [0.717, 1.165) is 22.3 Å². The molecule has 0 saturated carbocycles. The Morgan fingerprint density at radius 3 is 2.61 bits per heavy atom. The van der Waals surface area contributed by atoms with Gasteiger partial charge in [-0.2, -0.15) is 5.10 Å². The number of hydrogen-bond acceptors (Lipinski definition) is 2. The number of nitrogens with two attached hydrogens (primary N) is 1. The van der Waals surface area contributed by atoms with Gasteiger partial charge in [0.05, 0.1) is 11.4 Å². The summed E-state index contributed by atoms with van der Waals surface area (Å²) >= 11 is 3.46. The molecule has 1 aromatic heterocycles. The second kappa shape index (κ2) is 4.76. The summed E-state index contributed by atoms with van der Waals surface area (Å²) in [7, 11) is 0. The maximum Gasteiger partial charge on any atom is 0.127 e. The summed E-state index contributed by atoms with van der Waals surface area (Å²) in [5, 5.41) is 4.58. The normalized spacial score (nSPS) is 11.8. The van der Waals surface area contributed by atoms with Gasteiger partial charge >= 0.3 is 0 Å². The van der Waals surface area contributed by atoms with Gasteiger partial charge < -0.3 is 5.73 Å². The molecule has 0 radical (unpaired) electrons. The van der Waals surface area contributed by atoms with Gasteiger partial charge in [-0.05, 0) is 30.0 Å². The molecule has 0 fully saturated rings. The molecule has 2 N–H and O–H groups in total. The number of rotatable bonds is 2. The third-order valence-electron chi connectivity index (χ3n) is 2.55. The van der Waals surface area contributed by atoms with Crippen LogP contribution in [0, 0.1) is 5.41 Å². The molecular weight excluding hydrogens is 290 g/mol. The zero-order chi connectivity index (χ0) is 13.3. The standard InChI is InChI=1S/C14H18BrN3/c1-14(2,3)9-11-8-13(16)18(17-11)12-6-4-5-10(15)7-12/h4-8H,9,16H2,1-3H3. The number of nitrogen functional groups attached to an aromatic ring is 1. The van der Waals surface area contributed by atoms with E-state index in [9.17, 15) is 0 Å². The molecule has 0 saturated heterocycles.